The summed E-state index contributed by atoms with van der Waals surface area (Å²) in [7, 11) is 0. The number of benzene rings is 3. The van der Waals surface area contributed by atoms with Gasteiger partial charge in [0.2, 0.25) is 0 Å². The second-order valence-electron chi connectivity index (χ2n) is 8.60. The zero-order valence-electron chi connectivity index (χ0n) is 17.8. The molecule has 0 bridgehead atoms. The summed E-state index contributed by atoms with van der Waals surface area (Å²) in [6.07, 6.45) is 7.08. The summed E-state index contributed by atoms with van der Waals surface area (Å²) in [5.41, 5.74) is 7.57. The molecule has 1 N–H and O–H groups in total. The Morgan fingerprint density at radius 3 is 1.94 bits per heavy atom. The van der Waals surface area contributed by atoms with Gasteiger partial charge in [0.1, 0.15) is 0 Å². The Morgan fingerprint density at radius 2 is 1.29 bits per heavy atom. The van der Waals surface area contributed by atoms with E-state index < -0.39 is 0 Å². The van der Waals surface area contributed by atoms with E-state index in [0.29, 0.717) is 0 Å². The summed E-state index contributed by atoms with van der Waals surface area (Å²) in [6.45, 7) is 0. The molecular weight excluding hydrogens is 378 g/mol. The molecule has 1 aromatic heterocycles. The first-order valence-corrected chi connectivity index (χ1v) is 11.4. The molecule has 3 aromatic carbocycles. The minimum Gasteiger partial charge on any atom is -0.391 e. The minimum atomic E-state index is -0.295. The van der Waals surface area contributed by atoms with E-state index in [1.165, 1.54) is 39.9 Å². The lowest BCUT2D eigenvalue weighted by molar-refractivity contribution is 0.0764. The van der Waals surface area contributed by atoms with Crippen LogP contribution in [0.5, 0.6) is 0 Å². The van der Waals surface area contributed by atoms with Gasteiger partial charge in [0, 0.05) is 11.8 Å². The van der Waals surface area contributed by atoms with Gasteiger partial charge in [0.15, 0.2) is 0 Å². The van der Waals surface area contributed by atoms with E-state index in [1.807, 2.05) is 0 Å². The highest BCUT2D eigenvalue weighted by atomic mass is 16.3. The first-order chi connectivity index (χ1) is 15.3. The third kappa shape index (κ3) is 4.08. The Balaban J connectivity index is 1.74. The average molecular weight is 408 g/mol. The van der Waals surface area contributed by atoms with Gasteiger partial charge in [-0.3, -0.25) is 0 Å². The normalized spacial score (nSPS) is 18.7. The maximum absolute atomic E-state index is 10.9. The van der Waals surface area contributed by atoms with Crippen molar-refractivity contribution in [2.24, 2.45) is 0 Å². The van der Waals surface area contributed by atoms with Gasteiger partial charge in [0.25, 0.3) is 0 Å². The fraction of sp³-hybridized carbons (Fsp3) is 0.241. The molecule has 31 heavy (non-hydrogen) atoms. The van der Waals surface area contributed by atoms with Crippen LogP contribution < -0.4 is 0 Å². The van der Waals surface area contributed by atoms with Crippen LogP contribution in [0.3, 0.4) is 0 Å². The minimum absolute atomic E-state index is 0.121. The second kappa shape index (κ2) is 8.95. The van der Waals surface area contributed by atoms with Gasteiger partial charge in [-0.2, -0.15) is 0 Å². The van der Waals surface area contributed by atoms with Crippen molar-refractivity contribution in [3.8, 4) is 22.4 Å². The molecule has 0 radical (unpaired) electrons. The summed E-state index contributed by atoms with van der Waals surface area (Å²) in [5, 5.41) is 10.9. The van der Waals surface area contributed by atoms with Crippen molar-refractivity contribution in [1.29, 1.82) is 0 Å². The molecule has 0 aliphatic heterocycles. The molecule has 2 nitrogen and oxygen atoms in total. The molecule has 1 saturated carbocycles. The molecule has 0 amide bonds. The Bertz CT molecular complexity index is 1120. The zero-order chi connectivity index (χ0) is 21.0. The summed E-state index contributed by atoms with van der Waals surface area (Å²) in [4.78, 5) is 0. The average Bonchev–Trinajstić information content (AvgIpc) is 3.20. The van der Waals surface area contributed by atoms with Crippen LogP contribution in [-0.2, 0) is 6.42 Å². The molecule has 0 spiro atoms. The lowest BCUT2D eigenvalue weighted by atomic mass is 9.91. The van der Waals surface area contributed by atoms with Crippen LogP contribution >= 0.6 is 0 Å². The van der Waals surface area contributed by atoms with Gasteiger partial charge in [-0.1, -0.05) is 104 Å². The number of hydrogen-bond donors (Lipinski definition) is 1. The van der Waals surface area contributed by atoms with Crippen molar-refractivity contribution < 1.29 is 5.11 Å². The predicted molar refractivity (Wildman–Crippen MR) is 128 cm³/mol. The van der Waals surface area contributed by atoms with E-state index >= 15 is 0 Å². The quantitative estimate of drug-likeness (QED) is 0.383. The topological polar surface area (TPSA) is 25.2 Å². The molecule has 0 saturated heterocycles. The first-order valence-electron chi connectivity index (χ1n) is 11.4. The molecule has 0 unspecified atom stereocenters. The smallest absolute Gasteiger partial charge is 0.0747 e. The summed E-state index contributed by atoms with van der Waals surface area (Å²) in [5.74, 6) is 0. The van der Waals surface area contributed by atoms with Gasteiger partial charge in [-0.05, 0) is 41.5 Å². The standard InChI is InChI=1S/C29H29NO/c31-27-19-11-10-18-26(27)30-21-25(20-22-12-4-1-5-13-22)28(23-14-6-2-7-15-23)29(30)24-16-8-3-9-17-24/h1-9,12-17,21,26-27,31H,10-11,18-20H2/t26-,27+/m1/s1. The number of rotatable bonds is 5. The summed E-state index contributed by atoms with van der Waals surface area (Å²) in [6, 6.07) is 32.2. The maximum atomic E-state index is 10.9. The molecule has 5 rings (SSSR count). The largest absolute Gasteiger partial charge is 0.391 e. The number of hydrogen-bond acceptors (Lipinski definition) is 1. The van der Waals surface area contributed by atoms with E-state index in [-0.39, 0.29) is 12.1 Å². The van der Waals surface area contributed by atoms with E-state index in [4.69, 9.17) is 0 Å². The molecule has 2 heteroatoms. The van der Waals surface area contributed by atoms with Crippen LogP contribution in [0.4, 0.5) is 0 Å². The van der Waals surface area contributed by atoms with Crippen molar-refractivity contribution in [3.63, 3.8) is 0 Å². The molecule has 2 atom stereocenters. The lowest BCUT2D eigenvalue weighted by Gasteiger charge is -2.31. The van der Waals surface area contributed by atoms with Gasteiger partial charge in [0.05, 0.1) is 17.8 Å². The maximum Gasteiger partial charge on any atom is 0.0747 e. The van der Waals surface area contributed by atoms with Crippen LogP contribution in [0.2, 0.25) is 0 Å². The number of nitrogens with zero attached hydrogens (tertiary/aromatic N) is 1. The van der Waals surface area contributed by atoms with Crippen molar-refractivity contribution in [2.45, 2.75) is 44.2 Å². The highest BCUT2D eigenvalue weighted by molar-refractivity contribution is 5.85. The molecule has 1 aliphatic rings. The summed E-state index contributed by atoms with van der Waals surface area (Å²) < 4.78 is 2.39. The van der Waals surface area contributed by atoms with Gasteiger partial charge in [-0.25, -0.2) is 0 Å². The lowest BCUT2D eigenvalue weighted by Crippen LogP contribution is -2.27. The molecule has 1 heterocycles. The van der Waals surface area contributed by atoms with Gasteiger partial charge < -0.3 is 9.67 Å². The predicted octanol–water partition coefficient (Wildman–Crippen LogP) is 6.89. The van der Waals surface area contributed by atoms with Crippen molar-refractivity contribution in [1.82, 2.24) is 4.57 Å². The number of aromatic nitrogens is 1. The Kier molecular flexibility index (Phi) is 5.73. The molecule has 1 fully saturated rings. The molecule has 1 aliphatic carbocycles. The Labute approximate surface area is 184 Å². The SMILES string of the molecule is O[C@H]1CCCC[C@H]1n1cc(Cc2ccccc2)c(-c2ccccc2)c1-c1ccccc1. The Morgan fingerprint density at radius 1 is 0.710 bits per heavy atom. The van der Waals surface area contributed by atoms with Crippen LogP contribution in [-0.4, -0.2) is 15.8 Å². The highest BCUT2D eigenvalue weighted by Crippen LogP contribution is 2.42. The third-order valence-corrected chi connectivity index (χ3v) is 6.51. The third-order valence-electron chi connectivity index (χ3n) is 6.51. The summed E-state index contributed by atoms with van der Waals surface area (Å²) >= 11 is 0. The zero-order valence-corrected chi connectivity index (χ0v) is 17.8. The van der Waals surface area contributed by atoms with E-state index in [9.17, 15) is 5.11 Å². The van der Waals surface area contributed by atoms with Crippen molar-refractivity contribution >= 4 is 0 Å². The number of aliphatic hydroxyl groups is 1. The molecular formula is C29H29NO. The fourth-order valence-corrected chi connectivity index (χ4v) is 5.02. The van der Waals surface area contributed by atoms with Crippen LogP contribution in [0, 0.1) is 0 Å². The fourth-order valence-electron chi connectivity index (χ4n) is 5.02. The van der Waals surface area contributed by atoms with E-state index in [0.717, 1.165) is 25.7 Å². The van der Waals surface area contributed by atoms with Crippen LogP contribution in [0.15, 0.2) is 97.2 Å². The molecule has 156 valence electrons. The van der Waals surface area contributed by atoms with Crippen molar-refractivity contribution in [2.75, 3.05) is 0 Å². The van der Waals surface area contributed by atoms with Crippen LogP contribution in [0.25, 0.3) is 22.4 Å². The molecule has 4 aromatic rings. The van der Waals surface area contributed by atoms with Gasteiger partial charge >= 0.3 is 0 Å². The Hall–Kier alpha value is -3.10. The van der Waals surface area contributed by atoms with Gasteiger partial charge in [-0.15, -0.1) is 0 Å². The number of aliphatic hydroxyl groups excluding tert-OH is 1. The second-order valence-corrected chi connectivity index (χ2v) is 8.60. The van der Waals surface area contributed by atoms with E-state index in [1.54, 1.807) is 0 Å². The first kappa shape index (κ1) is 19.8. The van der Waals surface area contributed by atoms with Crippen molar-refractivity contribution in [3.05, 3.63) is 108 Å². The monoisotopic (exact) mass is 407 g/mol. The van der Waals surface area contributed by atoms with E-state index in [2.05, 4.69) is 102 Å². The van der Waals surface area contributed by atoms with Crippen LogP contribution in [0.1, 0.15) is 42.9 Å². The highest BCUT2D eigenvalue weighted by Gasteiger charge is 2.29.